The Kier molecular flexibility index (Phi) is 9.12. The predicted octanol–water partition coefficient (Wildman–Crippen LogP) is 5.98. The van der Waals surface area contributed by atoms with Crippen molar-refractivity contribution >= 4 is 68.5 Å². The molecule has 1 aromatic carbocycles. The number of nitrogens with zero attached hydrogens (tertiary/aromatic N) is 1. The molecule has 1 fully saturated rings. The third kappa shape index (κ3) is 6.32. The molecule has 1 N–H and O–H groups in total. The van der Waals surface area contributed by atoms with E-state index in [4.69, 9.17) is 17.0 Å². The third-order valence-corrected chi connectivity index (χ3v) is 8.50. The van der Waals surface area contributed by atoms with Crippen molar-refractivity contribution in [3.63, 3.8) is 0 Å². The van der Waals surface area contributed by atoms with E-state index in [1.807, 2.05) is 42.5 Å². The number of allylic oxidation sites excluding steroid dienone is 2. The standard InChI is InChI=1S/C27H28N2O4S3/c1-2-33-26(32)23-19-13-6-7-14-20(19)35-24(23)28-22(30)16-9-17-29-25(31)21(36-27(29)34)15-8-12-18-10-4-3-5-11-18/h3-5,8,10-12,15H,2,6-7,9,13-14,16-17H2,1H3,(H,28,30). The van der Waals surface area contributed by atoms with Crippen LogP contribution in [0.3, 0.4) is 0 Å². The van der Waals surface area contributed by atoms with Gasteiger partial charge in [-0.3, -0.25) is 14.5 Å². The fourth-order valence-corrected chi connectivity index (χ4v) is 6.73. The number of thiophene rings is 1. The zero-order valence-electron chi connectivity index (χ0n) is 20.1. The number of amides is 2. The number of fused-ring (bicyclic) bond motifs is 1. The minimum absolute atomic E-state index is 0.140. The molecular weight excluding hydrogens is 513 g/mol. The molecule has 2 amide bonds. The normalized spacial score (nSPS) is 16.6. The van der Waals surface area contributed by atoms with Crippen LogP contribution in [0.5, 0.6) is 0 Å². The number of hydrogen-bond acceptors (Lipinski definition) is 7. The molecule has 0 spiro atoms. The van der Waals surface area contributed by atoms with Gasteiger partial charge in [0, 0.05) is 17.8 Å². The molecule has 0 atom stereocenters. The van der Waals surface area contributed by atoms with Crippen molar-refractivity contribution < 1.29 is 19.1 Å². The molecule has 36 heavy (non-hydrogen) atoms. The van der Waals surface area contributed by atoms with Gasteiger partial charge in [-0.05, 0) is 56.2 Å². The molecular formula is C27H28N2O4S3. The molecule has 9 heteroatoms. The number of esters is 1. The van der Waals surface area contributed by atoms with E-state index in [0.717, 1.165) is 41.7 Å². The summed E-state index contributed by atoms with van der Waals surface area (Å²) in [6.07, 6.45) is 10.1. The van der Waals surface area contributed by atoms with E-state index in [9.17, 15) is 14.4 Å². The highest BCUT2D eigenvalue weighted by Gasteiger charge is 2.31. The maximum absolute atomic E-state index is 12.8. The summed E-state index contributed by atoms with van der Waals surface area (Å²) in [5, 5.41) is 3.50. The lowest BCUT2D eigenvalue weighted by Crippen LogP contribution is -2.29. The number of aryl methyl sites for hydroxylation is 1. The first kappa shape index (κ1) is 26.3. The highest BCUT2D eigenvalue weighted by atomic mass is 32.2. The molecule has 0 bridgehead atoms. The lowest BCUT2D eigenvalue weighted by atomic mass is 9.95. The van der Waals surface area contributed by atoms with Crippen molar-refractivity contribution in [1.29, 1.82) is 0 Å². The minimum Gasteiger partial charge on any atom is -0.462 e. The second kappa shape index (κ2) is 12.5. The Labute approximate surface area is 224 Å². The van der Waals surface area contributed by atoms with Crippen LogP contribution in [0.25, 0.3) is 6.08 Å². The second-order valence-electron chi connectivity index (χ2n) is 8.41. The van der Waals surface area contributed by atoms with Crippen LogP contribution in [-0.4, -0.2) is 40.2 Å². The van der Waals surface area contributed by atoms with Gasteiger partial charge in [-0.1, -0.05) is 66.5 Å². The highest BCUT2D eigenvalue weighted by Crippen LogP contribution is 2.38. The van der Waals surface area contributed by atoms with Crippen LogP contribution in [0.4, 0.5) is 5.00 Å². The molecule has 0 saturated carbocycles. The maximum Gasteiger partial charge on any atom is 0.341 e. The molecule has 1 saturated heterocycles. The van der Waals surface area contributed by atoms with E-state index in [1.54, 1.807) is 17.9 Å². The van der Waals surface area contributed by atoms with Crippen LogP contribution in [0.2, 0.25) is 0 Å². The second-order valence-corrected chi connectivity index (χ2v) is 11.2. The zero-order chi connectivity index (χ0) is 25.5. The first-order chi connectivity index (χ1) is 17.5. The molecule has 1 aromatic heterocycles. The largest absolute Gasteiger partial charge is 0.462 e. The lowest BCUT2D eigenvalue weighted by Gasteiger charge is -2.14. The van der Waals surface area contributed by atoms with Gasteiger partial charge in [0.1, 0.15) is 9.32 Å². The van der Waals surface area contributed by atoms with Gasteiger partial charge >= 0.3 is 5.97 Å². The summed E-state index contributed by atoms with van der Waals surface area (Å²) in [5.41, 5.74) is 2.58. The molecule has 2 aliphatic rings. The topological polar surface area (TPSA) is 75.7 Å². The lowest BCUT2D eigenvalue weighted by molar-refractivity contribution is -0.122. The van der Waals surface area contributed by atoms with E-state index in [0.29, 0.717) is 32.8 Å². The van der Waals surface area contributed by atoms with Crippen LogP contribution >= 0.6 is 35.3 Å². The number of thiocarbonyl (C=S) groups is 1. The fraction of sp³-hybridized carbons (Fsp3) is 0.333. The molecule has 2 aromatic rings. The van der Waals surface area contributed by atoms with Gasteiger partial charge in [0.25, 0.3) is 5.91 Å². The van der Waals surface area contributed by atoms with Gasteiger partial charge in [-0.15, -0.1) is 11.3 Å². The quantitative estimate of drug-likeness (QED) is 0.240. The third-order valence-electron chi connectivity index (χ3n) is 5.90. The SMILES string of the molecule is CCOC(=O)c1c(NC(=O)CCCN2C(=O)C(=CC=Cc3ccccc3)SC2=S)sc2c1CCCC2. The van der Waals surface area contributed by atoms with Gasteiger partial charge in [-0.2, -0.15) is 0 Å². The van der Waals surface area contributed by atoms with Crippen LogP contribution in [-0.2, 0) is 27.2 Å². The summed E-state index contributed by atoms with van der Waals surface area (Å²) >= 11 is 8.14. The number of ether oxygens (including phenoxy) is 1. The van der Waals surface area contributed by atoms with Crippen molar-refractivity contribution in [1.82, 2.24) is 4.90 Å². The first-order valence-electron chi connectivity index (χ1n) is 12.1. The van der Waals surface area contributed by atoms with Gasteiger partial charge in [-0.25, -0.2) is 4.79 Å². The smallest absolute Gasteiger partial charge is 0.341 e. The van der Waals surface area contributed by atoms with E-state index in [2.05, 4.69) is 5.32 Å². The molecule has 1 aliphatic carbocycles. The first-order valence-corrected chi connectivity index (χ1v) is 14.1. The minimum atomic E-state index is -0.377. The van der Waals surface area contributed by atoms with Gasteiger partial charge in [0.05, 0.1) is 17.1 Å². The van der Waals surface area contributed by atoms with Crippen molar-refractivity contribution in [2.75, 3.05) is 18.5 Å². The summed E-state index contributed by atoms with van der Waals surface area (Å²) in [7, 11) is 0. The summed E-state index contributed by atoms with van der Waals surface area (Å²) in [6, 6.07) is 9.85. The maximum atomic E-state index is 12.8. The van der Waals surface area contributed by atoms with E-state index in [1.165, 1.54) is 23.1 Å². The average Bonchev–Trinajstić information content (AvgIpc) is 3.36. The fourth-order valence-electron chi connectivity index (χ4n) is 4.18. The summed E-state index contributed by atoms with van der Waals surface area (Å²) < 4.78 is 5.75. The summed E-state index contributed by atoms with van der Waals surface area (Å²) in [4.78, 5) is 41.4. The van der Waals surface area contributed by atoms with Crippen molar-refractivity contribution in [2.45, 2.75) is 45.4 Å². The summed E-state index contributed by atoms with van der Waals surface area (Å²) in [6.45, 7) is 2.43. The Bertz CT molecular complexity index is 1220. The Morgan fingerprint density at radius 1 is 1.19 bits per heavy atom. The molecule has 0 radical (unpaired) electrons. The number of rotatable bonds is 9. The molecule has 2 heterocycles. The highest BCUT2D eigenvalue weighted by molar-refractivity contribution is 8.26. The number of benzene rings is 1. The van der Waals surface area contributed by atoms with E-state index in [-0.39, 0.29) is 30.8 Å². The average molecular weight is 541 g/mol. The molecule has 4 rings (SSSR count). The van der Waals surface area contributed by atoms with Gasteiger partial charge in [0.2, 0.25) is 5.91 Å². The number of hydrogen-bond donors (Lipinski definition) is 1. The molecule has 188 valence electrons. The zero-order valence-corrected chi connectivity index (χ0v) is 22.5. The summed E-state index contributed by atoms with van der Waals surface area (Å²) in [5.74, 6) is -0.706. The molecule has 1 aliphatic heterocycles. The Hall–Kier alpha value is -2.75. The van der Waals surface area contributed by atoms with Crippen LogP contribution in [0, 0.1) is 0 Å². The Balaban J connectivity index is 1.32. The van der Waals surface area contributed by atoms with E-state index < -0.39 is 0 Å². The van der Waals surface area contributed by atoms with Crippen molar-refractivity contribution in [3.8, 4) is 0 Å². The van der Waals surface area contributed by atoms with Crippen LogP contribution in [0.15, 0.2) is 47.4 Å². The number of anilines is 1. The van der Waals surface area contributed by atoms with Gasteiger partial charge in [0.15, 0.2) is 0 Å². The molecule has 6 nitrogen and oxygen atoms in total. The van der Waals surface area contributed by atoms with E-state index >= 15 is 0 Å². The van der Waals surface area contributed by atoms with Crippen molar-refractivity contribution in [2.24, 2.45) is 0 Å². The Morgan fingerprint density at radius 2 is 1.97 bits per heavy atom. The van der Waals surface area contributed by atoms with Crippen molar-refractivity contribution in [3.05, 3.63) is 69.0 Å². The van der Waals surface area contributed by atoms with Gasteiger partial charge < -0.3 is 10.1 Å². The Morgan fingerprint density at radius 3 is 2.75 bits per heavy atom. The number of carbonyl (C=O) groups is 3. The molecule has 0 unspecified atom stereocenters. The number of thioether (sulfide) groups is 1. The van der Waals surface area contributed by atoms with Crippen LogP contribution in [0.1, 0.15) is 59.0 Å². The predicted molar refractivity (Wildman–Crippen MR) is 150 cm³/mol. The monoisotopic (exact) mass is 540 g/mol. The van der Waals surface area contributed by atoms with Crippen LogP contribution < -0.4 is 5.32 Å². The number of carbonyl (C=O) groups excluding carboxylic acids is 3. The number of nitrogens with one attached hydrogen (secondary N) is 1.